The molecule has 2 aromatic rings. The smallest absolute Gasteiger partial charge is 0.224 e. The number of benzene rings is 1. The van der Waals surface area contributed by atoms with Crippen LogP contribution in [0.2, 0.25) is 5.02 Å². The lowest BCUT2D eigenvalue weighted by Crippen LogP contribution is -2.27. The van der Waals surface area contributed by atoms with Gasteiger partial charge in [0.05, 0.1) is 6.42 Å². The summed E-state index contributed by atoms with van der Waals surface area (Å²) in [5, 5.41) is 3.41. The standard InChI is InChI=1S/C17H17ClN2O3/c18-14-11-16-15(22-7-8-23-16)9-13(14)10-17(21)20-6-3-12-1-4-19-5-2-12/h1-2,4-5,9,11H,3,6-8,10H2,(H,20,21). The van der Waals surface area contributed by atoms with Gasteiger partial charge in [-0.05, 0) is 35.7 Å². The molecule has 1 amide bonds. The molecule has 0 unspecified atom stereocenters. The van der Waals surface area contributed by atoms with Gasteiger partial charge in [-0.25, -0.2) is 0 Å². The lowest BCUT2D eigenvalue weighted by molar-refractivity contribution is -0.120. The maximum atomic E-state index is 12.1. The van der Waals surface area contributed by atoms with Crippen molar-refractivity contribution in [2.24, 2.45) is 0 Å². The number of carbonyl (C=O) groups is 1. The third kappa shape index (κ3) is 4.13. The Morgan fingerprint density at radius 3 is 2.61 bits per heavy atom. The molecule has 1 aromatic heterocycles. The molecule has 1 aliphatic heterocycles. The lowest BCUT2D eigenvalue weighted by Gasteiger charge is -2.19. The Labute approximate surface area is 139 Å². The van der Waals surface area contributed by atoms with Crippen LogP contribution in [0.1, 0.15) is 11.1 Å². The van der Waals surface area contributed by atoms with E-state index in [-0.39, 0.29) is 12.3 Å². The molecule has 120 valence electrons. The Morgan fingerprint density at radius 2 is 1.87 bits per heavy atom. The van der Waals surface area contributed by atoms with Gasteiger partial charge in [0.15, 0.2) is 11.5 Å². The highest BCUT2D eigenvalue weighted by Crippen LogP contribution is 2.35. The molecule has 0 fully saturated rings. The summed E-state index contributed by atoms with van der Waals surface area (Å²) in [4.78, 5) is 16.0. The highest BCUT2D eigenvalue weighted by Gasteiger charge is 2.16. The number of rotatable bonds is 5. The number of hydrogen-bond acceptors (Lipinski definition) is 4. The normalized spacial score (nSPS) is 12.7. The van der Waals surface area contributed by atoms with E-state index in [1.807, 2.05) is 12.1 Å². The van der Waals surface area contributed by atoms with Crippen LogP contribution in [0.5, 0.6) is 11.5 Å². The second-order valence-electron chi connectivity index (χ2n) is 5.22. The highest BCUT2D eigenvalue weighted by atomic mass is 35.5. The van der Waals surface area contributed by atoms with Crippen LogP contribution in [0.3, 0.4) is 0 Å². The van der Waals surface area contributed by atoms with E-state index in [9.17, 15) is 4.79 Å². The van der Waals surface area contributed by atoms with Gasteiger partial charge in [0, 0.05) is 30.0 Å². The molecule has 5 nitrogen and oxygen atoms in total. The zero-order chi connectivity index (χ0) is 16.1. The van der Waals surface area contributed by atoms with Crippen molar-refractivity contribution in [2.75, 3.05) is 19.8 Å². The summed E-state index contributed by atoms with van der Waals surface area (Å²) in [6, 6.07) is 7.35. The predicted octanol–water partition coefficient (Wildman–Crippen LogP) is 2.41. The summed E-state index contributed by atoms with van der Waals surface area (Å²) in [7, 11) is 0. The number of halogens is 1. The van der Waals surface area contributed by atoms with Gasteiger partial charge < -0.3 is 14.8 Å². The molecule has 0 aliphatic carbocycles. The van der Waals surface area contributed by atoms with Gasteiger partial charge in [-0.2, -0.15) is 0 Å². The summed E-state index contributed by atoms with van der Waals surface area (Å²) in [5.74, 6) is 1.20. The van der Waals surface area contributed by atoms with Gasteiger partial charge in [-0.1, -0.05) is 11.6 Å². The fraction of sp³-hybridized carbons (Fsp3) is 0.294. The molecule has 1 aliphatic rings. The van der Waals surface area contributed by atoms with Crippen molar-refractivity contribution in [3.8, 4) is 11.5 Å². The SMILES string of the molecule is O=C(Cc1cc2c(cc1Cl)OCCO2)NCCc1ccncc1. The Kier molecular flexibility index (Phi) is 4.98. The summed E-state index contributed by atoms with van der Waals surface area (Å²) in [5.41, 5.74) is 1.87. The number of nitrogens with one attached hydrogen (secondary N) is 1. The highest BCUT2D eigenvalue weighted by molar-refractivity contribution is 6.31. The Bertz CT molecular complexity index is 692. The predicted molar refractivity (Wildman–Crippen MR) is 87.1 cm³/mol. The van der Waals surface area contributed by atoms with E-state index in [1.165, 1.54) is 0 Å². The summed E-state index contributed by atoms with van der Waals surface area (Å²) < 4.78 is 11.0. The van der Waals surface area contributed by atoms with Crippen molar-refractivity contribution in [3.63, 3.8) is 0 Å². The third-order valence-corrected chi connectivity index (χ3v) is 3.90. The summed E-state index contributed by atoms with van der Waals surface area (Å²) in [6.45, 7) is 1.59. The Balaban J connectivity index is 1.55. The molecule has 1 aromatic carbocycles. The van der Waals surface area contributed by atoms with E-state index in [0.717, 1.165) is 17.5 Å². The quantitative estimate of drug-likeness (QED) is 0.913. The van der Waals surface area contributed by atoms with E-state index < -0.39 is 0 Å². The minimum atomic E-state index is -0.0716. The minimum Gasteiger partial charge on any atom is -0.486 e. The fourth-order valence-corrected chi connectivity index (χ4v) is 2.59. The van der Waals surface area contributed by atoms with Crippen molar-refractivity contribution in [2.45, 2.75) is 12.8 Å². The Hall–Kier alpha value is -2.27. The van der Waals surface area contributed by atoms with Crippen LogP contribution in [0.15, 0.2) is 36.7 Å². The van der Waals surface area contributed by atoms with Crippen LogP contribution in [0.4, 0.5) is 0 Å². The molecule has 23 heavy (non-hydrogen) atoms. The van der Waals surface area contributed by atoms with Gasteiger partial charge in [-0.3, -0.25) is 9.78 Å². The van der Waals surface area contributed by atoms with Gasteiger partial charge in [0.25, 0.3) is 0 Å². The molecule has 0 bridgehead atoms. The number of amides is 1. The van der Waals surface area contributed by atoms with Gasteiger partial charge in [0.1, 0.15) is 13.2 Å². The van der Waals surface area contributed by atoms with Gasteiger partial charge >= 0.3 is 0 Å². The minimum absolute atomic E-state index is 0.0716. The number of pyridine rings is 1. The monoisotopic (exact) mass is 332 g/mol. The molecular weight excluding hydrogens is 316 g/mol. The van der Waals surface area contributed by atoms with Crippen molar-refractivity contribution in [3.05, 3.63) is 52.8 Å². The number of ether oxygens (including phenoxy) is 2. The molecule has 2 heterocycles. The number of hydrogen-bond donors (Lipinski definition) is 1. The van der Waals surface area contributed by atoms with Gasteiger partial charge in [-0.15, -0.1) is 0 Å². The second kappa shape index (κ2) is 7.33. The second-order valence-corrected chi connectivity index (χ2v) is 5.63. The molecule has 0 atom stereocenters. The average molecular weight is 333 g/mol. The number of aromatic nitrogens is 1. The van der Waals surface area contributed by atoms with E-state index in [1.54, 1.807) is 24.5 Å². The van der Waals surface area contributed by atoms with Crippen LogP contribution in [-0.2, 0) is 17.6 Å². The molecule has 6 heteroatoms. The summed E-state index contributed by atoms with van der Waals surface area (Å²) >= 11 is 6.21. The molecule has 0 saturated carbocycles. The first kappa shape index (κ1) is 15.6. The summed E-state index contributed by atoms with van der Waals surface area (Å²) in [6.07, 6.45) is 4.47. The number of fused-ring (bicyclic) bond motifs is 1. The molecule has 0 spiro atoms. The van der Waals surface area contributed by atoms with Crippen molar-refractivity contribution < 1.29 is 14.3 Å². The van der Waals surface area contributed by atoms with Crippen LogP contribution in [0, 0.1) is 0 Å². The zero-order valence-corrected chi connectivity index (χ0v) is 13.3. The van der Waals surface area contributed by atoms with E-state index in [0.29, 0.717) is 36.3 Å². The Morgan fingerprint density at radius 1 is 1.17 bits per heavy atom. The van der Waals surface area contributed by atoms with Crippen molar-refractivity contribution in [1.82, 2.24) is 10.3 Å². The van der Waals surface area contributed by atoms with E-state index >= 15 is 0 Å². The fourth-order valence-electron chi connectivity index (χ4n) is 2.37. The van der Waals surface area contributed by atoms with E-state index in [2.05, 4.69) is 10.3 Å². The number of carbonyl (C=O) groups excluding carboxylic acids is 1. The number of nitrogens with zero attached hydrogens (tertiary/aromatic N) is 1. The topological polar surface area (TPSA) is 60.5 Å². The molecule has 0 saturated heterocycles. The van der Waals surface area contributed by atoms with E-state index in [4.69, 9.17) is 21.1 Å². The average Bonchev–Trinajstić information content (AvgIpc) is 2.56. The third-order valence-electron chi connectivity index (χ3n) is 3.55. The van der Waals surface area contributed by atoms with Gasteiger partial charge in [0.2, 0.25) is 5.91 Å². The molecular formula is C17H17ClN2O3. The first-order valence-corrected chi connectivity index (χ1v) is 7.84. The van der Waals surface area contributed by atoms with Crippen molar-refractivity contribution >= 4 is 17.5 Å². The van der Waals surface area contributed by atoms with Crippen molar-refractivity contribution in [1.29, 1.82) is 0 Å². The van der Waals surface area contributed by atoms with Crippen LogP contribution >= 0.6 is 11.6 Å². The van der Waals surface area contributed by atoms with Crippen LogP contribution in [0.25, 0.3) is 0 Å². The first-order valence-electron chi connectivity index (χ1n) is 7.46. The maximum absolute atomic E-state index is 12.1. The first-order chi connectivity index (χ1) is 11.2. The molecule has 1 N–H and O–H groups in total. The molecule has 3 rings (SSSR count). The molecule has 0 radical (unpaired) electrons. The maximum Gasteiger partial charge on any atom is 0.224 e. The largest absolute Gasteiger partial charge is 0.486 e. The lowest BCUT2D eigenvalue weighted by atomic mass is 10.1. The van der Waals surface area contributed by atoms with Crippen LogP contribution < -0.4 is 14.8 Å². The zero-order valence-electron chi connectivity index (χ0n) is 12.5. The van der Waals surface area contributed by atoms with Crippen LogP contribution in [-0.4, -0.2) is 30.6 Å².